The van der Waals surface area contributed by atoms with E-state index in [2.05, 4.69) is 9.88 Å². The summed E-state index contributed by atoms with van der Waals surface area (Å²) in [6.07, 6.45) is 2.47. The summed E-state index contributed by atoms with van der Waals surface area (Å²) >= 11 is 0. The highest BCUT2D eigenvalue weighted by molar-refractivity contribution is 5.78. The van der Waals surface area contributed by atoms with Crippen LogP contribution in [0.5, 0.6) is 0 Å². The fourth-order valence-electron chi connectivity index (χ4n) is 4.29. The minimum absolute atomic E-state index is 0.155. The predicted octanol–water partition coefficient (Wildman–Crippen LogP) is 3.07. The van der Waals surface area contributed by atoms with E-state index in [4.69, 9.17) is 9.15 Å². The van der Waals surface area contributed by atoms with E-state index in [0.717, 1.165) is 81.4 Å². The normalized spacial score (nSPS) is 18.9. The number of amides is 1. The number of likely N-dealkylation sites (tertiary alicyclic amines) is 1. The van der Waals surface area contributed by atoms with E-state index in [-0.39, 0.29) is 5.91 Å². The summed E-state index contributed by atoms with van der Waals surface area (Å²) in [6.45, 7) is 10.5. The van der Waals surface area contributed by atoms with Crippen molar-refractivity contribution in [2.75, 3.05) is 45.9 Å². The first-order valence-electron chi connectivity index (χ1n) is 10.7. The molecule has 0 saturated carbocycles. The van der Waals surface area contributed by atoms with Crippen molar-refractivity contribution < 1.29 is 13.9 Å². The maximum Gasteiger partial charge on any atom is 0.228 e. The summed E-state index contributed by atoms with van der Waals surface area (Å²) in [4.78, 5) is 22.0. The molecule has 2 aromatic rings. The summed E-state index contributed by atoms with van der Waals surface area (Å²) in [5.41, 5.74) is 2.86. The number of oxazole rings is 1. The molecule has 0 aliphatic carbocycles. The molecule has 156 valence electrons. The van der Waals surface area contributed by atoms with Gasteiger partial charge in [-0.25, -0.2) is 4.98 Å². The molecule has 0 atom stereocenters. The molecule has 1 amide bonds. The van der Waals surface area contributed by atoms with Crippen molar-refractivity contribution in [1.29, 1.82) is 0 Å². The quantitative estimate of drug-likeness (QED) is 0.776. The second kappa shape index (κ2) is 9.09. The van der Waals surface area contributed by atoms with E-state index < -0.39 is 0 Å². The van der Waals surface area contributed by atoms with E-state index in [9.17, 15) is 4.79 Å². The van der Waals surface area contributed by atoms with Gasteiger partial charge in [-0.3, -0.25) is 9.69 Å². The first-order chi connectivity index (χ1) is 14.1. The van der Waals surface area contributed by atoms with Gasteiger partial charge in [-0.15, -0.1) is 0 Å². The van der Waals surface area contributed by atoms with Crippen LogP contribution < -0.4 is 0 Å². The van der Waals surface area contributed by atoms with Gasteiger partial charge in [0.2, 0.25) is 11.8 Å². The zero-order chi connectivity index (χ0) is 20.2. The fourth-order valence-corrected chi connectivity index (χ4v) is 4.29. The molecule has 2 saturated heterocycles. The monoisotopic (exact) mass is 397 g/mol. The maximum absolute atomic E-state index is 12.8. The average Bonchev–Trinajstić information content (AvgIpc) is 3.09. The minimum Gasteiger partial charge on any atom is -0.441 e. The molecule has 2 aliphatic heterocycles. The van der Waals surface area contributed by atoms with E-state index in [1.807, 2.05) is 43.0 Å². The first kappa shape index (κ1) is 20.1. The van der Waals surface area contributed by atoms with E-state index in [1.54, 1.807) is 0 Å². The van der Waals surface area contributed by atoms with Crippen molar-refractivity contribution in [2.45, 2.75) is 33.1 Å². The first-order valence-corrected chi connectivity index (χ1v) is 10.7. The van der Waals surface area contributed by atoms with Crippen LogP contribution in [-0.2, 0) is 16.0 Å². The topological polar surface area (TPSA) is 58.8 Å². The number of aryl methyl sites for hydroxylation is 2. The second-order valence-corrected chi connectivity index (χ2v) is 8.25. The highest BCUT2D eigenvalue weighted by Crippen LogP contribution is 2.26. The van der Waals surface area contributed by atoms with Crippen LogP contribution in [0.3, 0.4) is 0 Å². The Morgan fingerprint density at radius 1 is 1.10 bits per heavy atom. The summed E-state index contributed by atoms with van der Waals surface area (Å²) < 4.78 is 11.3. The number of rotatable bonds is 5. The van der Waals surface area contributed by atoms with Gasteiger partial charge in [0, 0.05) is 38.3 Å². The van der Waals surface area contributed by atoms with Gasteiger partial charge in [-0.05, 0) is 44.2 Å². The van der Waals surface area contributed by atoms with E-state index >= 15 is 0 Å². The number of benzene rings is 1. The zero-order valence-electron chi connectivity index (χ0n) is 17.5. The van der Waals surface area contributed by atoms with Crippen LogP contribution >= 0.6 is 0 Å². The van der Waals surface area contributed by atoms with Crippen molar-refractivity contribution in [3.05, 3.63) is 41.3 Å². The van der Waals surface area contributed by atoms with Crippen molar-refractivity contribution in [3.8, 4) is 11.5 Å². The molecule has 3 heterocycles. The Hall–Kier alpha value is -2.18. The molecule has 6 nitrogen and oxygen atoms in total. The second-order valence-electron chi connectivity index (χ2n) is 8.25. The highest BCUT2D eigenvalue weighted by Gasteiger charge is 2.26. The molecule has 0 radical (unpaired) electrons. The van der Waals surface area contributed by atoms with Crippen LogP contribution in [0.2, 0.25) is 0 Å². The van der Waals surface area contributed by atoms with Crippen molar-refractivity contribution in [1.82, 2.24) is 14.8 Å². The van der Waals surface area contributed by atoms with Gasteiger partial charge in [0.25, 0.3) is 0 Å². The number of morpholine rings is 1. The van der Waals surface area contributed by atoms with E-state index in [1.165, 1.54) is 0 Å². The SMILES string of the molecule is Cc1ccccc1-c1nc(CC(=O)N2CCC(CN3CCOCC3)CC2)c(C)o1. The van der Waals surface area contributed by atoms with Gasteiger partial charge >= 0.3 is 0 Å². The van der Waals surface area contributed by atoms with Crippen LogP contribution in [0.15, 0.2) is 28.7 Å². The predicted molar refractivity (Wildman–Crippen MR) is 112 cm³/mol. The summed E-state index contributed by atoms with van der Waals surface area (Å²) in [6, 6.07) is 8.03. The maximum atomic E-state index is 12.8. The number of piperidine rings is 1. The van der Waals surface area contributed by atoms with Crippen molar-refractivity contribution in [2.24, 2.45) is 5.92 Å². The number of aromatic nitrogens is 1. The zero-order valence-corrected chi connectivity index (χ0v) is 17.5. The average molecular weight is 398 g/mol. The van der Waals surface area contributed by atoms with Crippen LogP contribution in [-0.4, -0.2) is 66.6 Å². The van der Waals surface area contributed by atoms with Gasteiger partial charge in [0.05, 0.1) is 25.3 Å². The summed E-state index contributed by atoms with van der Waals surface area (Å²) in [7, 11) is 0. The number of hydrogen-bond donors (Lipinski definition) is 0. The van der Waals surface area contributed by atoms with Gasteiger partial charge < -0.3 is 14.1 Å². The Balaban J connectivity index is 1.31. The van der Waals surface area contributed by atoms with Gasteiger partial charge in [0.1, 0.15) is 5.76 Å². The van der Waals surface area contributed by atoms with Gasteiger partial charge in [-0.1, -0.05) is 18.2 Å². The van der Waals surface area contributed by atoms with Crippen LogP contribution in [0.25, 0.3) is 11.5 Å². The lowest BCUT2D eigenvalue weighted by atomic mass is 9.95. The molecule has 2 fully saturated rings. The largest absolute Gasteiger partial charge is 0.441 e. The Bertz CT molecular complexity index is 834. The number of ether oxygens (including phenoxy) is 1. The number of nitrogens with zero attached hydrogens (tertiary/aromatic N) is 3. The summed E-state index contributed by atoms with van der Waals surface area (Å²) in [5, 5.41) is 0. The standard InChI is InChI=1S/C23H31N3O3/c1-17-5-3-4-6-20(17)23-24-21(18(2)29-23)15-22(27)26-9-7-19(8-10-26)16-25-11-13-28-14-12-25/h3-6,19H,7-16H2,1-2H3. The van der Waals surface area contributed by atoms with Crippen molar-refractivity contribution in [3.63, 3.8) is 0 Å². The van der Waals surface area contributed by atoms with Crippen LogP contribution in [0.4, 0.5) is 0 Å². The molecule has 1 aromatic carbocycles. The highest BCUT2D eigenvalue weighted by atomic mass is 16.5. The molecule has 29 heavy (non-hydrogen) atoms. The molecule has 6 heteroatoms. The van der Waals surface area contributed by atoms with E-state index in [0.29, 0.717) is 18.2 Å². The van der Waals surface area contributed by atoms with Gasteiger partial charge in [-0.2, -0.15) is 0 Å². The Morgan fingerprint density at radius 3 is 2.55 bits per heavy atom. The lowest BCUT2D eigenvalue weighted by Gasteiger charge is -2.36. The summed E-state index contributed by atoms with van der Waals surface area (Å²) in [5.74, 6) is 2.17. The third kappa shape index (κ3) is 4.87. The number of hydrogen-bond acceptors (Lipinski definition) is 5. The molecule has 0 unspecified atom stereocenters. The smallest absolute Gasteiger partial charge is 0.228 e. The molecule has 1 aromatic heterocycles. The van der Waals surface area contributed by atoms with Crippen LogP contribution in [0, 0.1) is 19.8 Å². The fraction of sp³-hybridized carbons (Fsp3) is 0.565. The van der Waals surface area contributed by atoms with Crippen molar-refractivity contribution >= 4 is 5.91 Å². The lowest BCUT2D eigenvalue weighted by Crippen LogP contribution is -2.44. The molecular weight excluding hydrogens is 366 g/mol. The van der Waals surface area contributed by atoms with Gasteiger partial charge in [0.15, 0.2) is 0 Å². The number of carbonyl (C=O) groups excluding carboxylic acids is 1. The molecule has 0 spiro atoms. The Kier molecular flexibility index (Phi) is 6.31. The number of carbonyl (C=O) groups is 1. The Labute approximate surface area is 172 Å². The molecule has 0 bridgehead atoms. The Morgan fingerprint density at radius 2 is 1.83 bits per heavy atom. The minimum atomic E-state index is 0.155. The lowest BCUT2D eigenvalue weighted by molar-refractivity contribution is -0.132. The van der Waals surface area contributed by atoms with Crippen LogP contribution in [0.1, 0.15) is 29.9 Å². The molecule has 2 aliphatic rings. The molecular formula is C23H31N3O3. The third-order valence-electron chi connectivity index (χ3n) is 6.17. The molecule has 4 rings (SSSR count). The third-order valence-corrected chi connectivity index (χ3v) is 6.17. The molecule has 0 N–H and O–H groups in total.